The highest BCUT2D eigenvalue weighted by Crippen LogP contribution is 2.62. The number of Topliss-reactive ketones (excluding diaryl/α,β-unsaturated/α-hetero) is 1. The Hall–Kier alpha value is -3.08. The lowest BCUT2D eigenvalue weighted by atomic mass is 9.55. The minimum Gasteiger partial charge on any atom is -0.508 e. The van der Waals surface area contributed by atoms with Gasteiger partial charge in [-0.1, -0.05) is 44.6 Å². The molecule has 0 bridgehead atoms. The Morgan fingerprint density at radius 3 is 2.41 bits per heavy atom. The summed E-state index contributed by atoms with van der Waals surface area (Å²) in [4.78, 5) is 24.1. The summed E-state index contributed by atoms with van der Waals surface area (Å²) in [6.07, 6.45) is 14.5. The van der Waals surface area contributed by atoms with E-state index in [2.05, 4.69) is 32.1 Å². The Labute approximate surface area is 262 Å². The van der Waals surface area contributed by atoms with Gasteiger partial charge in [0.05, 0.1) is 0 Å². The first kappa shape index (κ1) is 29.6. The molecule has 0 radical (unpaired) electrons. The fourth-order valence-corrected chi connectivity index (χ4v) is 10.7. The molecule has 0 spiro atoms. The van der Waals surface area contributed by atoms with Crippen LogP contribution in [0.5, 0.6) is 11.5 Å². The van der Waals surface area contributed by atoms with E-state index in [1.165, 1.54) is 47.1 Å². The predicted octanol–water partition coefficient (Wildman–Crippen LogP) is 8.31. The molecular weight excluding hydrogens is 548 g/mol. The summed E-state index contributed by atoms with van der Waals surface area (Å²) in [7, 11) is 0. The van der Waals surface area contributed by atoms with Crippen molar-refractivity contribution < 1.29 is 24.5 Å². The second-order valence-electron chi connectivity index (χ2n) is 15.1. The zero-order valence-electron chi connectivity index (χ0n) is 26.6. The average Bonchev–Trinajstić information content (AvgIpc) is 3.51. The van der Waals surface area contributed by atoms with Crippen LogP contribution in [0.2, 0.25) is 0 Å². The summed E-state index contributed by atoms with van der Waals surface area (Å²) < 4.78 is 5.83. The minimum absolute atomic E-state index is 0.0477. The molecule has 5 nitrogen and oxygen atoms in total. The number of hydrogen-bond acceptors (Lipinski definition) is 5. The molecule has 6 aliphatic carbocycles. The van der Waals surface area contributed by atoms with Gasteiger partial charge in [-0.25, -0.2) is 0 Å². The first-order valence-corrected chi connectivity index (χ1v) is 17.2. The van der Waals surface area contributed by atoms with Crippen LogP contribution in [0, 0.1) is 28.6 Å². The van der Waals surface area contributed by atoms with Gasteiger partial charge in [-0.3, -0.25) is 9.59 Å². The number of carbonyl (C=O) groups excluding carboxylic acids is 2. The molecule has 0 heterocycles. The van der Waals surface area contributed by atoms with Crippen LogP contribution in [0.3, 0.4) is 0 Å². The molecule has 0 amide bonds. The zero-order valence-corrected chi connectivity index (χ0v) is 26.6. The third-order valence-corrected chi connectivity index (χ3v) is 13.1. The van der Waals surface area contributed by atoms with Crippen LogP contribution in [-0.2, 0) is 27.2 Å². The highest BCUT2D eigenvalue weighted by molar-refractivity contribution is 5.88. The molecule has 0 aliphatic heterocycles. The summed E-state index contributed by atoms with van der Waals surface area (Å²) in [6, 6.07) is 11.7. The van der Waals surface area contributed by atoms with Gasteiger partial charge in [0.1, 0.15) is 23.4 Å². The van der Waals surface area contributed by atoms with E-state index in [0.717, 1.165) is 51.4 Å². The number of ketones is 1. The van der Waals surface area contributed by atoms with Crippen LogP contribution in [0.1, 0.15) is 119 Å². The number of fused-ring (bicyclic) bond motifs is 10. The van der Waals surface area contributed by atoms with Crippen molar-refractivity contribution in [2.45, 2.75) is 116 Å². The van der Waals surface area contributed by atoms with Crippen molar-refractivity contribution in [3.63, 3.8) is 0 Å². The number of phenols is 2. The summed E-state index contributed by atoms with van der Waals surface area (Å²) >= 11 is 0. The summed E-state index contributed by atoms with van der Waals surface area (Å²) in [5.41, 5.74) is 6.99. The number of aromatic hydroxyl groups is 2. The van der Waals surface area contributed by atoms with Gasteiger partial charge in [0, 0.05) is 29.6 Å². The molecule has 2 aromatic rings. The maximum Gasteiger partial charge on any atom is 0.305 e. The van der Waals surface area contributed by atoms with E-state index < -0.39 is 0 Å². The van der Waals surface area contributed by atoms with E-state index >= 15 is 0 Å². The highest BCUT2D eigenvalue weighted by atomic mass is 16.5. The number of esters is 1. The summed E-state index contributed by atoms with van der Waals surface area (Å²) in [6.45, 7) is 6.42. The van der Waals surface area contributed by atoms with Crippen molar-refractivity contribution in [2.75, 3.05) is 0 Å². The topological polar surface area (TPSA) is 83.8 Å². The molecule has 8 rings (SSSR count). The normalized spacial score (nSPS) is 36.2. The number of phenolic OH excluding ortho intramolecular Hbond substituents is 2. The second kappa shape index (κ2) is 11.1. The molecule has 4 fully saturated rings. The van der Waals surface area contributed by atoms with E-state index in [9.17, 15) is 19.8 Å². The maximum absolute atomic E-state index is 12.2. The molecule has 4 saturated carbocycles. The van der Waals surface area contributed by atoms with Crippen LogP contribution in [0.15, 0.2) is 48.0 Å². The Morgan fingerprint density at radius 2 is 1.64 bits per heavy atom. The lowest BCUT2D eigenvalue weighted by Crippen LogP contribution is -2.45. The molecule has 6 aliphatic rings. The maximum atomic E-state index is 12.2. The van der Waals surface area contributed by atoms with Crippen LogP contribution in [0.4, 0.5) is 0 Å². The van der Waals surface area contributed by atoms with Gasteiger partial charge in [0.25, 0.3) is 0 Å². The molecule has 0 saturated heterocycles. The Balaban J connectivity index is 0.000000144. The van der Waals surface area contributed by atoms with Crippen molar-refractivity contribution in [1.82, 2.24) is 0 Å². The predicted molar refractivity (Wildman–Crippen MR) is 171 cm³/mol. The zero-order chi connectivity index (χ0) is 30.8. The van der Waals surface area contributed by atoms with E-state index in [4.69, 9.17) is 4.74 Å². The number of hydrogen-bond donors (Lipinski definition) is 2. The van der Waals surface area contributed by atoms with Crippen molar-refractivity contribution >= 4 is 11.8 Å². The van der Waals surface area contributed by atoms with Crippen molar-refractivity contribution in [3.05, 3.63) is 70.3 Å². The molecular formula is C39H48O5. The van der Waals surface area contributed by atoms with Gasteiger partial charge < -0.3 is 14.9 Å². The van der Waals surface area contributed by atoms with E-state index in [0.29, 0.717) is 53.3 Å². The standard InChI is InChI=1S/C21H28O3.C18H20O2/c1-3-20(23)24-19-9-8-18-17-6-4-13-12-14(22)5-7-15(13)16(17)10-11-21(18,19)2;1-18-9-8-14-13-5-3-12(19)10-11(13)2-4-15(14)16(18)6-7-17(18)20/h5,7,12,16-19,22H,3-4,6,8-11H2,1-2H3;3-5,10,14,16,19H,2,6-9H2,1H3. The Bertz CT molecular complexity index is 1510. The van der Waals surface area contributed by atoms with Gasteiger partial charge in [0.15, 0.2) is 0 Å². The third kappa shape index (κ3) is 4.72. The van der Waals surface area contributed by atoms with E-state index in [1.54, 1.807) is 6.07 Å². The second-order valence-corrected chi connectivity index (χ2v) is 15.1. The van der Waals surface area contributed by atoms with E-state index in [-0.39, 0.29) is 22.9 Å². The lowest BCUT2D eigenvalue weighted by Gasteiger charge is -2.50. The van der Waals surface area contributed by atoms with Crippen molar-refractivity contribution in [2.24, 2.45) is 28.6 Å². The van der Waals surface area contributed by atoms with Crippen LogP contribution >= 0.6 is 0 Å². The Morgan fingerprint density at radius 1 is 0.886 bits per heavy atom. The largest absolute Gasteiger partial charge is 0.508 e. The van der Waals surface area contributed by atoms with E-state index in [1.807, 2.05) is 25.1 Å². The molecule has 5 heteroatoms. The molecule has 234 valence electrons. The third-order valence-electron chi connectivity index (χ3n) is 13.1. The highest BCUT2D eigenvalue weighted by Gasteiger charge is 2.56. The van der Waals surface area contributed by atoms with Crippen molar-refractivity contribution in [3.8, 4) is 11.5 Å². The van der Waals surface area contributed by atoms with Crippen LogP contribution in [0.25, 0.3) is 0 Å². The van der Waals surface area contributed by atoms with Gasteiger partial charge >= 0.3 is 5.97 Å². The average molecular weight is 597 g/mol. The molecule has 44 heavy (non-hydrogen) atoms. The first-order chi connectivity index (χ1) is 21.1. The number of carbonyl (C=O) groups is 2. The number of ether oxygens (including phenoxy) is 1. The van der Waals surface area contributed by atoms with Crippen LogP contribution < -0.4 is 0 Å². The number of allylic oxidation sites excluding steroid dienone is 2. The number of aryl methyl sites for hydroxylation is 1. The summed E-state index contributed by atoms with van der Waals surface area (Å²) in [5, 5.41) is 19.4. The van der Waals surface area contributed by atoms with Gasteiger partial charge in [-0.15, -0.1) is 0 Å². The summed E-state index contributed by atoms with van der Waals surface area (Å²) in [5.74, 6) is 4.08. The Kier molecular flexibility index (Phi) is 7.45. The molecule has 0 aromatic heterocycles. The van der Waals surface area contributed by atoms with Gasteiger partial charge in [-0.05, 0) is 134 Å². The molecule has 8 atom stereocenters. The SMILES string of the molecule is CC12CCC3C(=CCc4cc(O)ccc43)C1CCC2=O.CCC(=O)OC1CCC2C3CCc4cc(O)ccc4C3CCC12C. The van der Waals surface area contributed by atoms with Crippen LogP contribution in [-0.4, -0.2) is 28.1 Å². The van der Waals surface area contributed by atoms with Gasteiger partial charge in [-0.2, -0.15) is 0 Å². The molecule has 2 aromatic carbocycles. The van der Waals surface area contributed by atoms with Crippen molar-refractivity contribution in [1.29, 1.82) is 0 Å². The smallest absolute Gasteiger partial charge is 0.305 e. The lowest BCUT2D eigenvalue weighted by molar-refractivity contribution is -0.157. The molecule has 8 unspecified atom stereocenters. The first-order valence-electron chi connectivity index (χ1n) is 17.2. The monoisotopic (exact) mass is 596 g/mol. The number of rotatable bonds is 2. The minimum atomic E-state index is -0.100. The fourth-order valence-electron chi connectivity index (χ4n) is 10.7. The fraction of sp³-hybridized carbons (Fsp3) is 0.590. The molecule has 2 N–H and O–H groups in total. The number of benzene rings is 2. The quantitative estimate of drug-likeness (QED) is 0.269. The van der Waals surface area contributed by atoms with Gasteiger partial charge in [0.2, 0.25) is 0 Å².